The zero-order valence-corrected chi connectivity index (χ0v) is 16.6. The fourth-order valence-corrected chi connectivity index (χ4v) is 2.46. The molecule has 0 saturated carbocycles. The van der Waals surface area contributed by atoms with Gasteiger partial charge in [0.1, 0.15) is 5.82 Å². The summed E-state index contributed by atoms with van der Waals surface area (Å²) in [4.78, 5) is 23.8. The van der Waals surface area contributed by atoms with Gasteiger partial charge in [-0.05, 0) is 48.4 Å². The van der Waals surface area contributed by atoms with Crippen molar-refractivity contribution < 1.29 is 32.9 Å². The molecular weight excluding hydrogens is 381 g/mol. The van der Waals surface area contributed by atoms with E-state index in [2.05, 4.69) is 5.32 Å². The Morgan fingerprint density at radius 2 is 1.69 bits per heavy atom. The second-order valence-corrected chi connectivity index (χ2v) is 5.91. The lowest BCUT2D eigenvalue weighted by Crippen LogP contribution is -2.20. The topological polar surface area (TPSA) is 83.1 Å². The number of hydrogen-bond acceptors (Lipinski definition) is 6. The Balaban J connectivity index is 1.97. The van der Waals surface area contributed by atoms with Crippen molar-refractivity contribution in [2.24, 2.45) is 0 Å². The van der Waals surface area contributed by atoms with E-state index in [4.69, 9.17) is 18.9 Å². The van der Waals surface area contributed by atoms with Crippen LogP contribution in [-0.2, 0) is 14.3 Å². The number of nitrogens with one attached hydrogen (secondary N) is 1. The molecule has 2 aromatic rings. The molecule has 0 aliphatic rings. The van der Waals surface area contributed by atoms with E-state index in [1.165, 1.54) is 51.7 Å². The van der Waals surface area contributed by atoms with E-state index in [9.17, 15) is 14.0 Å². The number of amides is 1. The van der Waals surface area contributed by atoms with Crippen molar-refractivity contribution in [3.05, 3.63) is 53.4 Å². The zero-order valence-electron chi connectivity index (χ0n) is 16.6. The Bertz CT molecular complexity index is 900. The van der Waals surface area contributed by atoms with Gasteiger partial charge in [0.05, 0.1) is 21.3 Å². The summed E-state index contributed by atoms with van der Waals surface area (Å²) >= 11 is 0. The highest BCUT2D eigenvalue weighted by Crippen LogP contribution is 2.38. The van der Waals surface area contributed by atoms with E-state index < -0.39 is 24.3 Å². The molecule has 154 valence electrons. The monoisotopic (exact) mass is 403 g/mol. The summed E-state index contributed by atoms with van der Waals surface area (Å²) in [5.74, 6) is -0.470. The first-order valence-electron chi connectivity index (χ1n) is 8.58. The molecule has 1 amide bonds. The molecule has 0 fully saturated rings. The molecule has 2 rings (SSSR count). The van der Waals surface area contributed by atoms with Gasteiger partial charge in [0.15, 0.2) is 18.1 Å². The second kappa shape index (κ2) is 10.1. The van der Waals surface area contributed by atoms with E-state index >= 15 is 0 Å². The van der Waals surface area contributed by atoms with Crippen molar-refractivity contribution in [2.75, 3.05) is 33.3 Å². The van der Waals surface area contributed by atoms with Crippen LogP contribution in [0.3, 0.4) is 0 Å². The number of ether oxygens (including phenoxy) is 4. The largest absolute Gasteiger partial charge is 0.493 e. The number of halogens is 1. The number of carbonyl (C=O) groups is 2. The van der Waals surface area contributed by atoms with Crippen LogP contribution in [0.2, 0.25) is 0 Å². The highest BCUT2D eigenvalue weighted by molar-refractivity contribution is 5.95. The van der Waals surface area contributed by atoms with Gasteiger partial charge in [-0.1, -0.05) is 6.07 Å². The highest BCUT2D eigenvalue weighted by atomic mass is 19.1. The fraction of sp³-hybridized carbons (Fsp3) is 0.238. The lowest BCUT2D eigenvalue weighted by atomic mass is 10.1. The lowest BCUT2D eigenvalue weighted by Gasteiger charge is -2.12. The first kappa shape index (κ1) is 21.7. The number of anilines is 1. The van der Waals surface area contributed by atoms with Crippen LogP contribution < -0.4 is 19.5 Å². The van der Waals surface area contributed by atoms with E-state index in [-0.39, 0.29) is 0 Å². The van der Waals surface area contributed by atoms with Crippen LogP contribution in [-0.4, -0.2) is 39.8 Å². The quantitative estimate of drug-likeness (QED) is 0.538. The molecule has 2 aromatic carbocycles. The van der Waals surface area contributed by atoms with Crippen LogP contribution in [0.5, 0.6) is 17.2 Å². The number of benzene rings is 2. The minimum Gasteiger partial charge on any atom is -0.493 e. The van der Waals surface area contributed by atoms with Gasteiger partial charge in [-0.2, -0.15) is 0 Å². The third-order valence-corrected chi connectivity index (χ3v) is 3.92. The van der Waals surface area contributed by atoms with Crippen molar-refractivity contribution in [2.45, 2.75) is 6.92 Å². The van der Waals surface area contributed by atoms with Crippen LogP contribution in [0.4, 0.5) is 10.1 Å². The molecular formula is C21H22FNO6. The first-order valence-corrected chi connectivity index (χ1v) is 8.58. The molecule has 0 heterocycles. The van der Waals surface area contributed by atoms with Crippen LogP contribution in [0.25, 0.3) is 6.08 Å². The molecule has 0 aliphatic carbocycles. The van der Waals surface area contributed by atoms with E-state index in [0.29, 0.717) is 34.1 Å². The van der Waals surface area contributed by atoms with Crippen molar-refractivity contribution in [1.82, 2.24) is 0 Å². The molecule has 0 unspecified atom stereocenters. The smallest absolute Gasteiger partial charge is 0.331 e. The minimum atomic E-state index is -0.718. The third-order valence-electron chi connectivity index (χ3n) is 3.92. The summed E-state index contributed by atoms with van der Waals surface area (Å²) in [6.07, 6.45) is 2.66. The Hall–Kier alpha value is -3.55. The highest BCUT2D eigenvalue weighted by Gasteiger charge is 2.13. The number of rotatable bonds is 8. The van der Waals surface area contributed by atoms with E-state index in [1.54, 1.807) is 19.1 Å². The maximum atomic E-state index is 13.3. The lowest BCUT2D eigenvalue weighted by molar-refractivity contribution is -0.142. The van der Waals surface area contributed by atoms with Gasteiger partial charge in [-0.25, -0.2) is 9.18 Å². The normalized spacial score (nSPS) is 10.5. The zero-order chi connectivity index (χ0) is 21.4. The predicted octanol–water partition coefficient (Wildman–Crippen LogP) is 3.36. The third kappa shape index (κ3) is 5.97. The molecule has 0 atom stereocenters. The molecule has 7 nitrogen and oxygen atoms in total. The van der Waals surface area contributed by atoms with Crippen molar-refractivity contribution >= 4 is 23.6 Å². The standard InChI is InChI=1S/C21H22FNO6/c1-13-5-7-15(22)11-16(13)23-19(24)12-29-20(25)8-6-14-9-17(26-2)21(28-4)18(10-14)27-3/h5-11H,12H2,1-4H3,(H,23,24)/b8-6+. The Kier molecular flexibility index (Phi) is 7.59. The van der Waals surface area contributed by atoms with Crippen LogP contribution in [0.15, 0.2) is 36.4 Å². The molecule has 8 heteroatoms. The summed E-state index contributed by atoms with van der Waals surface area (Å²) in [6.45, 7) is 1.22. The summed E-state index contributed by atoms with van der Waals surface area (Å²) in [5, 5.41) is 2.50. The molecule has 0 spiro atoms. The second-order valence-electron chi connectivity index (χ2n) is 5.91. The number of methoxy groups -OCH3 is 3. The van der Waals surface area contributed by atoms with Gasteiger partial charge in [0, 0.05) is 11.8 Å². The average Bonchev–Trinajstić information content (AvgIpc) is 2.72. The summed E-state index contributed by atoms with van der Waals surface area (Å²) in [5.41, 5.74) is 1.61. The van der Waals surface area contributed by atoms with Gasteiger partial charge < -0.3 is 24.3 Å². The number of esters is 1. The first-order chi connectivity index (χ1) is 13.9. The summed E-state index contributed by atoms with van der Waals surface area (Å²) in [7, 11) is 4.46. The van der Waals surface area contributed by atoms with E-state index in [1.807, 2.05) is 0 Å². The average molecular weight is 403 g/mol. The van der Waals surface area contributed by atoms with Crippen LogP contribution >= 0.6 is 0 Å². The molecule has 0 aliphatic heterocycles. The van der Waals surface area contributed by atoms with Crippen molar-refractivity contribution in [1.29, 1.82) is 0 Å². The van der Waals surface area contributed by atoms with Crippen LogP contribution in [0, 0.1) is 12.7 Å². The minimum absolute atomic E-state index is 0.319. The Morgan fingerprint density at radius 1 is 1.03 bits per heavy atom. The Morgan fingerprint density at radius 3 is 2.28 bits per heavy atom. The maximum Gasteiger partial charge on any atom is 0.331 e. The summed E-state index contributed by atoms with van der Waals surface area (Å²) in [6, 6.07) is 7.34. The molecule has 0 bridgehead atoms. The molecule has 0 radical (unpaired) electrons. The van der Waals surface area contributed by atoms with Gasteiger partial charge in [-0.15, -0.1) is 0 Å². The van der Waals surface area contributed by atoms with Gasteiger partial charge in [0.25, 0.3) is 5.91 Å². The number of hydrogen-bond donors (Lipinski definition) is 1. The van der Waals surface area contributed by atoms with Crippen molar-refractivity contribution in [3.63, 3.8) is 0 Å². The fourth-order valence-electron chi connectivity index (χ4n) is 2.46. The van der Waals surface area contributed by atoms with E-state index in [0.717, 1.165) is 0 Å². The van der Waals surface area contributed by atoms with Gasteiger partial charge in [-0.3, -0.25) is 4.79 Å². The molecule has 0 aromatic heterocycles. The molecule has 0 saturated heterocycles. The molecule has 1 N–H and O–H groups in total. The Labute approximate surface area is 168 Å². The predicted molar refractivity (Wildman–Crippen MR) is 106 cm³/mol. The van der Waals surface area contributed by atoms with Crippen molar-refractivity contribution in [3.8, 4) is 17.2 Å². The number of aryl methyl sites for hydroxylation is 1. The van der Waals surface area contributed by atoms with Gasteiger partial charge >= 0.3 is 5.97 Å². The maximum absolute atomic E-state index is 13.3. The summed E-state index contributed by atoms with van der Waals surface area (Å²) < 4.78 is 33.9. The number of carbonyl (C=O) groups excluding carboxylic acids is 2. The van der Waals surface area contributed by atoms with Crippen LogP contribution in [0.1, 0.15) is 11.1 Å². The van der Waals surface area contributed by atoms with Gasteiger partial charge in [0.2, 0.25) is 5.75 Å². The molecule has 29 heavy (non-hydrogen) atoms. The SMILES string of the molecule is COc1cc(/C=C/C(=O)OCC(=O)Nc2cc(F)ccc2C)cc(OC)c1OC.